The molecule has 2 heterocycles. The van der Waals surface area contributed by atoms with E-state index in [1.165, 1.54) is 24.8 Å². The van der Waals surface area contributed by atoms with Crippen LogP contribution in [0.2, 0.25) is 0 Å². The van der Waals surface area contributed by atoms with E-state index in [-0.39, 0.29) is 5.60 Å². The molecular formula is C15H24O. The summed E-state index contributed by atoms with van der Waals surface area (Å²) in [6, 6.07) is 0. The van der Waals surface area contributed by atoms with Gasteiger partial charge in [-0.2, -0.15) is 0 Å². The summed E-state index contributed by atoms with van der Waals surface area (Å²) in [5.41, 5.74) is 1.97. The van der Waals surface area contributed by atoms with Crippen LogP contribution in [0.25, 0.3) is 0 Å². The van der Waals surface area contributed by atoms with Crippen LogP contribution in [0.15, 0.2) is 12.2 Å². The predicted molar refractivity (Wildman–Crippen MR) is 66.3 cm³/mol. The highest BCUT2D eigenvalue weighted by Crippen LogP contribution is 2.59. The van der Waals surface area contributed by atoms with Gasteiger partial charge in [0, 0.05) is 0 Å². The molecule has 1 spiro atoms. The average molecular weight is 220 g/mol. The molecule has 0 N–H and O–H groups in total. The Kier molecular flexibility index (Phi) is 2.12. The van der Waals surface area contributed by atoms with Crippen LogP contribution in [0.1, 0.15) is 52.9 Å². The number of hydrogen-bond acceptors (Lipinski definition) is 1. The van der Waals surface area contributed by atoms with E-state index in [9.17, 15) is 0 Å². The highest BCUT2D eigenvalue weighted by atomic mass is 16.5. The lowest BCUT2D eigenvalue weighted by Gasteiger charge is -2.55. The molecule has 1 nitrogen and oxygen atoms in total. The van der Waals surface area contributed by atoms with E-state index < -0.39 is 0 Å². The fourth-order valence-electron chi connectivity index (χ4n) is 4.39. The number of fused-ring (bicyclic) bond motifs is 1. The van der Waals surface area contributed by atoms with E-state index in [2.05, 4.69) is 27.4 Å². The van der Waals surface area contributed by atoms with Crippen molar-refractivity contribution < 1.29 is 4.74 Å². The average Bonchev–Trinajstić information content (AvgIpc) is 2.45. The summed E-state index contributed by atoms with van der Waals surface area (Å²) in [6.45, 7) is 11.4. The van der Waals surface area contributed by atoms with Crippen molar-refractivity contribution in [3.63, 3.8) is 0 Å². The van der Waals surface area contributed by atoms with Crippen molar-refractivity contribution in [2.45, 2.75) is 64.6 Å². The molecule has 0 unspecified atom stereocenters. The van der Waals surface area contributed by atoms with Gasteiger partial charge in [0.05, 0.1) is 11.7 Å². The molecule has 0 aromatic heterocycles. The van der Waals surface area contributed by atoms with Gasteiger partial charge in [-0.3, -0.25) is 0 Å². The zero-order valence-electron chi connectivity index (χ0n) is 10.9. The lowest BCUT2D eigenvalue weighted by Crippen LogP contribution is -2.56. The zero-order chi connectivity index (χ0) is 11.6. The molecule has 3 fully saturated rings. The Morgan fingerprint density at radius 1 is 1.38 bits per heavy atom. The fourth-order valence-corrected chi connectivity index (χ4v) is 4.39. The van der Waals surface area contributed by atoms with Gasteiger partial charge >= 0.3 is 0 Å². The molecular weight excluding hydrogens is 196 g/mol. The third kappa shape index (κ3) is 1.33. The topological polar surface area (TPSA) is 9.23 Å². The lowest BCUT2D eigenvalue weighted by atomic mass is 9.63. The Morgan fingerprint density at radius 2 is 2.12 bits per heavy atom. The Morgan fingerprint density at radius 3 is 2.88 bits per heavy atom. The Bertz CT molecular complexity index is 330. The first-order chi connectivity index (χ1) is 7.43. The van der Waals surface area contributed by atoms with Gasteiger partial charge in [0.15, 0.2) is 0 Å². The zero-order valence-corrected chi connectivity index (χ0v) is 10.9. The molecule has 1 saturated carbocycles. The van der Waals surface area contributed by atoms with Gasteiger partial charge in [0.2, 0.25) is 0 Å². The second-order valence-electron chi connectivity index (χ2n) is 7.12. The first kappa shape index (κ1) is 10.8. The maximum absolute atomic E-state index is 6.53. The molecule has 2 bridgehead atoms. The molecule has 16 heavy (non-hydrogen) atoms. The highest BCUT2D eigenvalue weighted by Gasteiger charge is 2.58. The minimum absolute atomic E-state index is 0.189. The van der Waals surface area contributed by atoms with E-state index in [1.807, 2.05) is 0 Å². The van der Waals surface area contributed by atoms with Gasteiger partial charge in [-0.1, -0.05) is 32.9 Å². The summed E-state index contributed by atoms with van der Waals surface area (Å²) >= 11 is 0. The first-order valence-corrected chi connectivity index (χ1v) is 6.77. The van der Waals surface area contributed by atoms with Crippen molar-refractivity contribution in [3.8, 4) is 0 Å². The summed E-state index contributed by atoms with van der Waals surface area (Å²) in [4.78, 5) is 0. The van der Waals surface area contributed by atoms with Crippen LogP contribution in [0.3, 0.4) is 0 Å². The Labute approximate surface area is 99.3 Å². The van der Waals surface area contributed by atoms with E-state index in [1.54, 1.807) is 0 Å². The number of hydrogen-bond donors (Lipinski definition) is 0. The van der Waals surface area contributed by atoms with Crippen LogP contribution >= 0.6 is 0 Å². The van der Waals surface area contributed by atoms with Crippen LogP contribution in [-0.2, 0) is 4.74 Å². The van der Waals surface area contributed by atoms with E-state index in [0.717, 1.165) is 24.7 Å². The molecule has 3 rings (SSSR count). The van der Waals surface area contributed by atoms with E-state index in [0.29, 0.717) is 11.5 Å². The lowest BCUT2D eigenvalue weighted by molar-refractivity contribution is -0.217. The van der Waals surface area contributed by atoms with Crippen LogP contribution < -0.4 is 0 Å². The van der Waals surface area contributed by atoms with Crippen molar-refractivity contribution in [1.29, 1.82) is 0 Å². The first-order valence-electron chi connectivity index (χ1n) is 6.77. The summed E-state index contributed by atoms with van der Waals surface area (Å²) in [5, 5.41) is 0. The quantitative estimate of drug-likeness (QED) is 0.562. The molecule has 4 atom stereocenters. The molecule has 1 aliphatic carbocycles. The summed E-state index contributed by atoms with van der Waals surface area (Å²) < 4.78 is 6.53. The second-order valence-corrected chi connectivity index (χ2v) is 7.12. The molecule has 90 valence electrons. The third-order valence-electron chi connectivity index (χ3n) is 5.40. The summed E-state index contributed by atoms with van der Waals surface area (Å²) in [5.74, 6) is 1.61. The molecule has 3 aliphatic rings. The van der Waals surface area contributed by atoms with Gasteiger partial charge in [-0.25, -0.2) is 0 Å². The number of ether oxygens (including phenoxy) is 1. The Hall–Kier alpha value is -0.300. The van der Waals surface area contributed by atoms with Crippen LogP contribution in [0.4, 0.5) is 0 Å². The molecule has 0 amide bonds. The minimum Gasteiger partial charge on any atom is -0.370 e. The molecule has 2 aliphatic heterocycles. The smallest absolute Gasteiger partial charge is 0.0754 e. The molecule has 0 radical (unpaired) electrons. The largest absolute Gasteiger partial charge is 0.370 e. The SMILES string of the molecule is C=C1C[C@H]2O[C@@]3(CC[C@@H](C)[C@@H]3CC2(C)C)C1. The van der Waals surface area contributed by atoms with Gasteiger partial charge in [0.25, 0.3) is 0 Å². The molecule has 2 saturated heterocycles. The molecule has 0 aromatic rings. The normalized spacial score (nSPS) is 50.2. The van der Waals surface area contributed by atoms with Crippen LogP contribution in [0, 0.1) is 17.3 Å². The standard InChI is InChI=1S/C15H24O/c1-10-7-13-14(3,4)9-12-11(2)5-6-15(12,8-10)16-13/h11-13H,1,5-9H2,2-4H3/t11-,12+,13-,15+/m1/s1. The van der Waals surface area contributed by atoms with Crippen molar-refractivity contribution >= 4 is 0 Å². The van der Waals surface area contributed by atoms with Gasteiger partial charge in [-0.15, -0.1) is 0 Å². The summed E-state index contributed by atoms with van der Waals surface area (Å²) in [7, 11) is 0. The summed E-state index contributed by atoms with van der Waals surface area (Å²) in [6.07, 6.45) is 6.62. The maximum Gasteiger partial charge on any atom is 0.0754 e. The molecule has 1 heteroatoms. The second kappa shape index (κ2) is 3.13. The minimum atomic E-state index is 0.189. The highest BCUT2D eigenvalue weighted by molar-refractivity contribution is 5.17. The van der Waals surface area contributed by atoms with Crippen molar-refractivity contribution in [2.24, 2.45) is 17.3 Å². The van der Waals surface area contributed by atoms with Crippen molar-refractivity contribution in [3.05, 3.63) is 12.2 Å². The fraction of sp³-hybridized carbons (Fsp3) is 0.867. The van der Waals surface area contributed by atoms with Gasteiger partial charge in [0.1, 0.15) is 0 Å². The van der Waals surface area contributed by atoms with E-state index in [4.69, 9.17) is 4.74 Å². The van der Waals surface area contributed by atoms with Crippen LogP contribution in [0.5, 0.6) is 0 Å². The number of rotatable bonds is 0. The monoisotopic (exact) mass is 220 g/mol. The third-order valence-corrected chi connectivity index (χ3v) is 5.40. The van der Waals surface area contributed by atoms with Crippen molar-refractivity contribution in [1.82, 2.24) is 0 Å². The maximum atomic E-state index is 6.53. The van der Waals surface area contributed by atoms with Gasteiger partial charge in [-0.05, 0) is 49.4 Å². The van der Waals surface area contributed by atoms with Crippen molar-refractivity contribution in [2.75, 3.05) is 0 Å². The predicted octanol–water partition coefficient (Wildman–Crippen LogP) is 3.94. The Balaban J connectivity index is 1.99. The molecule has 0 aromatic carbocycles. The van der Waals surface area contributed by atoms with Crippen LogP contribution in [-0.4, -0.2) is 11.7 Å². The van der Waals surface area contributed by atoms with E-state index >= 15 is 0 Å². The van der Waals surface area contributed by atoms with Gasteiger partial charge < -0.3 is 4.74 Å².